The number of halogens is 3. The second-order valence-electron chi connectivity index (χ2n) is 8.19. The van der Waals surface area contributed by atoms with Gasteiger partial charge in [0.25, 0.3) is 0 Å². The van der Waals surface area contributed by atoms with E-state index in [0.29, 0.717) is 11.3 Å². The number of nitrogens with zero attached hydrogens (tertiary/aromatic N) is 3. The van der Waals surface area contributed by atoms with Crippen molar-refractivity contribution < 1.29 is 22.7 Å². The van der Waals surface area contributed by atoms with Crippen LogP contribution in [0.1, 0.15) is 41.6 Å². The van der Waals surface area contributed by atoms with E-state index in [-0.39, 0.29) is 35.8 Å². The Morgan fingerprint density at radius 1 is 1.09 bits per heavy atom. The Morgan fingerprint density at radius 3 is 2.55 bits per heavy atom. The van der Waals surface area contributed by atoms with Gasteiger partial charge in [-0.1, -0.05) is 30.3 Å². The lowest BCUT2D eigenvalue weighted by molar-refractivity contribution is -0.112. The number of aliphatic imine (C=N–C) groups is 1. The van der Waals surface area contributed by atoms with Crippen molar-refractivity contribution in [3.05, 3.63) is 95.3 Å². The summed E-state index contributed by atoms with van der Waals surface area (Å²) >= 11 is 0. The summed E-state index contributed by atoms with van der Waals surface area (Å²) in [6.07, 6.45) is 2.48. The lowest BCUT2D eigenvalue weighted by Crippen LogP contribution is -2.33. The zero-order valence-electron chi connectivity index (χ0n) is 17.7. The molecule has 3 aromatic rings. The zero-order chi connectivity index (χ0) is 23.2. The summed E-state index contributed by atoms with van der Waals surface area (Å²) in [6.45, 7) is 0. The first-order chi connectivity index (χ1) is 15.9. The van der Waals surface area contributed by atoms with Crippen molar-refractivity contribution in [3.8, 4) is 5.69 Å². The number of carbonyl (C=O) groups is 1. The molecule has 2 aliphatic rings. The van der Waals surface area contributed by atoms with Crippen molar-refractivity contribution in [2.75, 3.05) is 7.11 Å². The van der Waals surface area contributed by atoms with Crippen LogP contribution in [0.25, 0.3) is 5.69 Å². The van der Waals surface area contributed by atoms with E-state index in [0.717, 1.165) is 5.69 Å². The molecule has 2 heterocycles. The number of ether oxygens (including phenoxy) is 1. The number of methoxy groups -OCH3 is 1. The smallest absolute Gasteiger partial charge is 0.249 e. The third-order valence-corrected chi connectivity index (χ3v) is 6.02. The van der Waals surface area contributed by atoms with Gasteiger partial charge in [-0.3, -0.25) is 9.79 Å². The van der Waals surface area contributed by atoms with Gasteiger partial charge in [0.2, 0.25) is 11.7 Å². The number of rotatable bonds is 5. The minimum absolute atomic E-state index is 0.0331. The predicted octanol–water partition coefficient (Wildman–Crippen LogP) is 5.17. The maximum absolute atomic E-state index is 14.8. The third kappa shape index (κ3) is 3.86. The van der Waals surface area contributed by atoms with Gasteiger partial charge in [0.15, 0.2) is 5.76 Å². The monoisotopic (exact) mass is 451 g/mol. The van der Waals surface area contributed by atoms with Crippen LogP contribution in [0.5, 0.6) is 0 Å². The SMILES string of the molecule is COC1=CC(c2cc(C3CC(F)(F)C3)ccc2F)N=C(c2ccnn2-c2ccccc2)C1=O. The van der Waals surface area contributed by atoms with E-state index in [1.54, 1.807) is 23.0 Å². The van der Waals surface area contributed by atoms with Crippen LogP contribution in [-0.4, -0.2) is 34.3 Å². The first kappa shape index (κ1) is 21.2. The standard InChI is InChI=1S/C25H20F3N3O2/c1-33-22-12-20(18-11-15(7-8-19(18)26)16-13-25(27,28)14-16)30-23(24(22)32)21-9-10-29-31(21)17-5-3-2-4-6-17/h2-12,16,20H,13-14H2,1H3. The van der Waals surface area contributed by atoms with Crippen LogP contribution in [0.4, 0.5) is 13.2 Å². The van der Waals surface area contributed by atoms with E-state index in [1.165, 1.54) is 25.3 Å². The fraction of sp³-hybridized carbons (Fsp3) is 0.240. The molecule has 1 aliphatic carbocycles. The van der Waals surface area contributed by atoms with Gasteiger partial charge >= 0.3 is 0 Å². The molecular formula is C25H20F3N3O2. The van der Waals surface area contributed by atoms with Crippen LogP contribution in [0.15, 0.2) is 77.6 Å². The fourth-order valence-electron chi connectivity index (χ4n) is 4.27. The third-order valence-electron chi connectivity index (χ3n) is 6.02. The van der Waals surface area contributed by atoms with Gasteiger partial charge in [0.05, 0.1) is 24.7 Å². The molecule has 0 radical (unpaired) electrons. The molecule has 1 aliphatic heterocycles. The molecule has 1 aromatic heterocycles. The van der Waals surface area contributed by atoms with Gasteiger partial charge < -0.3 is 4.74 Å². The molecule has 1 saturated carbocycles. The van der Waals surface area contributed by atoms with E-state index in [2.05, 4.69) is 10.1 Å². The van der Waals surface area contributed by atoms with Crippen LogP contribution >= 0.6 is 0 Å². The van der Waals surface area contributed by atoms with E-state index >= 15 is 0 Å². The lowest BCUT2D eigenvalue weighted by Gasteiger charge is -2.35. The molecule has 2 aromatic carbocycles. The summed E-state index contributed by atoms with van der Waals surface area (Å²) in [5, 5.41) is 4.31. The highest BCUT2D eigenvalue weighted by Crippen LogP contribution is 2.48. The second-order valence-corrected chi connectivity index (χ2v) is 8.19. The minimum atomic E-state index is -2.68. The minimum Gasteiger partial charge on any atom is -0.493 e. The number of allylic oxidation sites excluding steroid dienone is 1. The Kier molecular flexibility index (Phi) is 5.15. The Bertz CT molecular complexity index is 1270. The summed E-state index contributed by atoms with van der Waals surface area (Å²) in [7, 11) is 1.36. The molecule has 0 saturated heterocycles. The Hall–Kier alpha value is -3.68. The van der Waals surface area contributed by atoms with Gasteiger partial charge in [-0.2, -0.15) is 5.10 Å². The summed E-state index contributed by atoms with van der Waals surface area (Å²) in [5.74, 6) is -3.96. The molecule has 168 valence electrons. The van der Waals surface area contributed by atoms with Gasteiger partial charge in [0, 0.05) is 18.4 Å². The van der Waals surface area contributed by atoms with Gasteiger partial charge in [-0.25, -0.2) is 17.9 Å². The summed E-state index contributed by atoms with van der Waals surface area (Å²) in [4.78, 5) is 17.6. The zero-order valence-corrected chi connectivity index (χ0v) is 17.7. The molecule has 0 bridgehead atoms. The molecule has 1 fully saturated rings. The van der Waals surface area contributed by atoms with E-state index in [4.69, 9.17) is 4.74 Å². The van der Waals surface area contributed by atoms with Crippen molar-refractivity contribution in [3.63, 3.8) is 0 Å². The molecule has 33 heavy (non-hydrogen) atoms. The van der Waals surface area contributed by atoms with Crippen molar-refractivity contribution >= 4 is 11.5 Å². The van der Waals surface area contributed by atoms with Crippen LogP contribution in [0.3, 0.4) is 0 Å². The number of ketones is 1. The van der Waals surface area contributed by atoms with E-state index in [9.17, 15) is 18.0 Å². The molecular weight excluding hydrogens is 431 g/mol. The molecule has 5 nitrogen and oxygen atoms in total. The quantitative estimate of drug-likeness (QED) is 0.538. The maximum Gasteiger partial charge on any atom is 0.249 e. The molecule has 0 N–H and O–H groups in total. The van der Waals surface area contributed by atoms with Crippen LogP contribution in [-0.2, 0) is 9.53 Å². The number of hydrogen-bond acceptors (Lipinski definition) is 4. The second kappa shape index (κ2) is 8.03. The summed E-state index contributed by atoms with van der Waals surface area (Å²) in [5.41, 5.74) is 2.09. The first-order valence-electron chi connectivity index (χ1n) is 10.5. The van der Waals surface area contributed by atoms with Crippen molar-refractivity contribution in [1.82, 2.24) is 9.78 Å². The number of Topliss-reactive ketones (excluding diaryl/α,β-unsaturated/α-hetero) is 1. The topological polar surface area (TPSA) is 56.5 Å². The number of aromatic nitrogens is 2. The van der Waals surface area contributed by atoms with Gasteiger partial charge in [0.1, 0.15) is 17.6 Å². The summed E-state index contributed by atoms with van der Waals surface area (Å²) in [6, 6.07) is 14.4. The summed E-state index contributed by atoms with van der Waals surface area (Å²) < 4.78 is 48.4. The number of para-hydroxylation sites is 1. The number of dihydropyridines is 1. The molecule has 1 atom stereocenters. The molecule has 0 spiro atoms. The average molecular weight is 451 g/mol. The molecule has 0 amide bonds. The number of alkyl halides is 2. The highest BCUT2D eigenvalue weighted by Gasteiger charge is 2.46. The van der Waals surface area contributed by atoms with E-state index in [1.807, 2.05) is 30.3 Å². The van der Waals surface area contributed by atoms with E-state index < -0.39 is 23.6 Å². The maximum atomic E-state index is 14.8. The number of benzene rings is 2. The van der Waals surface area contributed by atoms with Crippen LogP contribution in [0.2, 0.25) is 0 Å². The molecule has 8 heteroatoms. The Labute approximate surface area is 188 Å². The normalized spacial score (nSPS) is 20.1. The number of hydrogen-bond donors (Lipinski definition) is 0. The van der Waals surface area contributed by atoms with Crippen LogP contribution < -0.4 is 0 Å². The van der Waals surface area contributed by atoms with Gasteiger partial charge in [-0.05, 0) is 41.8 Å². The largest absolute Gasteiger partial charge is 0.493 e. The van der Waals surface area contributed by atoms with Gasteiger partial charge in [-0.15, -0.1) is 0 Å². The van der Waals surface area contributed by atoms with Crippen molar-refractivity contribution in [2.24, 2.45) is 4.99 Å². The van der Waals surface area contributed by atoms with Crippen molar-refractivity contribution in [1.29, 1.82) is 0 Å². The highest BCUT2D eigenvalue weighted by molar-refractivity contribution is 6.51. The first-order valence-corrected chi connectivity index (χ1v) is 10.5. The predicted molar refractivity (Wildman–Crippen MR) is 116 cm³/mol. The fourth-order valence-corrected chi connectivity index (χ4v) is 4.27. The number of carbonyl (C=O) groups excluding carboxylic acids is 1. The van der Waals surface area contributed by atoms with Crippen molar-refractivity contribution in [2.45, 2.75) is 30.7 Å². The average Bonchev–Trinajstić information content (AvgIpc) is 3.28. The lowest BCUT2D eigenvalue weighted by atomic mass is 9.76. The highest BCUT2D eigenvalue weighted by atomic mass is 19.3. The Balaban J connectivity index is 1.56. The molecule has 5 rings (SSSR count). The van der Waals surface area contributed by atoms with Crippen LogP contribution in [0, 0.1) is 5.82 Å². The molecule has 1 unspecified atom stereocenters. The Morgan fingerprint density at radius 2 is 1.85 bits per heavy atom.